The van der Waals surface area contributed by atoms with Gasteiger partial charge in [0.25, 0.3) is 0 Å². The number of hydrogen-bond acceptors (Lipinski definition) is 5. The lowest BCUT2D eigenvalue weighted by Gasteiger charge is -2.04. The maximum Gasteiger partial charge on any atom is 0.187 e. The van der Waals surface area contributed by atoms with Gasteiger partial charge in [0.05, 0.1) is 0 Å². The molecule has 0 aliphatic rings. The first-order chi connectivity index (χ1) is 7.86. The first-order valence-electron chi connectivity index (χ1n) is 5.62. The SMILES string of the molecule is CCSc1ncc(CNCCCCO)cn1. The van der Waals surface area contributed by atoms with Gasteiger partial charge in [0.1, 0.15) is 0 Å². The molecular weight excluding hydrogens is 222 g/mol. The van der Waals surface area contributed by atoms with Crippen LogP contribution in [0.15, 0.2) is 17.6 Å². The van der Waals surface area contributed by atoms with E-state index in [1.807, 2.05) is 12.4 Å². The second-order valence-corrected chi connectivity index (χ2v) is 4.65. The fraction of sp³-hybridized carbons (Fsp3) is 0.636. The minimum absolute atomic E-state index is 0.272. The Morgan fingerprint density at radius 2 is 2.06 bits per heavy atom. The highest BCUT2D eigenvalue weighted by molar-refractivity contribution is 7.99. The second kappa shape index (κ2) is 8.50. The summed E-state index contributed by atoms with van der Waals surface area (Å²) < 4.78 is 0. The Labute approximate surface area is 101 Å². The molecule has 0 aliphatic carbocycles. The van der Waals surface area contributed by atoms with Crippen LogP contribution >= 0.6 is 11.8 Å². The van der Waals surface area contributed by atoms with Gasteiger partial charge < -0.3 is 10.4 Å². The van der Waals surface area contributed by atoms with E-state index in [0.717, 1.165) is 42.4 Å². The third kappa shape index (κ3) is 5.44. The third-order valence-electron chi connectivity index (χ3n) is 2.05. The molecule has 1 aromatic heterocycles. The molecule has 0 aliphatic heterocycles. The molecule has 0 bridgehead atoms. The lowest BCUT2D eigenvalue weighted by molar-refractivity contribution is 0.283. The van der Waals surface area contributed by atoms with E-state index in [1.165, 1.54) is 0 Å². The summed E-state index contributed by atoms with van der Waals surface area (Å²) in [7, 11) is 0. The van der Waals surface area contributed by atoms with Crippen molar-refractivity contribution in [3.8, 4) is 0 Å². The van der Waals surface area contributed by atoms with Gasteiger partial charge in [-0.05, 0) is 25.1 Å². The van der Waals surface area contributed by atoms with Gasteiger partial charge >= 0.3 is 0 Å². The Bertz CT molecular complexity index is 279. The zero-order chi connectivity index (χ0) is 11.6. The number of aliphatic hydroxyl groups is 1. The average Bonchev–Trinajstić information content (AvgIpc) is 2.31. The summed E-state index contributed by atoms with van der Waals surface area (Å²) in [6.45, 7) is 4.08. The monoisotopic (exact) mass is 241 g/mol. The van der Waals surface area contributed by atoms with E-state index < -0.39 is 0 Å². The summed E-state index contributed by atoms with van der Waals surface area (Å²) in [5.41, 5.74) is 1.10. The van der Waals surface area contributed by atoms with Gasteiger partial charge in [0, 0.05) is 31.1 Å². The number of aromatic nitrogens is 2. The van der Waals surface area contributed by atoms with Crippen molar-refractivity contribution in [2.24, 2.45) is 0 Å². The molecule has 0 aromatic carbocycles. The molecule has 5 heteroatoms. The third-order valence-corrected chi connectivity index (χ3v) is 2.80. The molecule has 0 atom stereocenters. The van der Waals surface area contributed by atoms with Gasteiger partial charge in [-0.3, -0.25) is 0 Å². The fourth-order valence-corrected chi connectivity index (χ4v) is 1.75. The minimum Gasteiger partial charge on any atom is -0.396 e. The number of rotatable bonds is 8. The van der Waals surface area contributed by atoms with Gasteiger partial charge in [-0.25, -0.2) is 9.97 Å². The molecule has 0 amide bonds. The Balaban J connectivity index is 2.21. The van der Waals surface area contributed by atoms with E-state index >= 15 is 0 Å². The number of aliphatic hydroxyl groups excluding tert-OH is 1. The molecule has 16 heavy (non-hydrogen) atoms. The van der Waals surface area contributed by atoms with Crippen molar-refractivity contribution in [1.82, 2.24) is 15.3 Å². The zero-order valence-electron chi connectivity index (χ0n) is 9.65. The molecule has 1 heterocycles. The zero-order valence-corrected chi connectivity index (χ0v) is 10.5. The molecule has 4 nitrogen and oxygen atoms in total. The Morgan fingerprint density at radius 1 is 1.31 bits per heavy atom. The number of nitrogens with zero attached hydrogens (tertiary/aromatic N) is 2. The normalized spacial score (nSPS) is 10.6. The first-order valence-corrected chi connectivity index (χ1v) is 6.60. The number of unbranched alkanes of at least 4 members (excludes halogenated alkanes) is 1. The van der Waals surface area contributed by atoms with Crippen molar-refractivity contribution in [1.29, 1.82) is 0 Å². The summed E-state index contributed by atoms with van der Waals surface area (Å²) in [4.78, 5) is 8.51. The van der Waals surface area contributed by atoms with Crippen LogP contribution < -0.4 is 5.32 Å². The highest BCUT2D eigenvalue weighted by Gasteiger charge is 1.97. The van der Waals surface area contributed by atoms with E-state index in [4.69, 9.17) is 5.11 Å². The van der Waals surface area contributed by atoms with Crippen LogP contribution in [0.25, 0.3) is 0 Å². The predicted molar refractivity (Wildman–Crippen MR) is 66.5 cm³/mol. The van der Waals surface area contributed by atoms with Crippen molar-refractivity contribution in [3.63, 3.8) is 0 Å². The average molecular weight is 241 g/mol. The molecule has 1 aromatic rings. The lowest BCUT2D eigenvalue weighted by Crippen LogP contribution is -2.15. The van der Waals surface area contributed by atoms with Crippen molar-refractivity contribution in [2.45, 2.75) is 31.5 Å². The van der Waals surface area contributed by atoms with Crippen LogP contribution in [0.3, 0.4) is 0 Å². The van der Waals surface area contributed by atoms with Gasteiger partial charge in [0.2, 0.25) is 0 Å². The van der Waals surface area contributed by atoms with E-state index in [0.29, 0.717) is 0 Å². The molecule has 2 N–H and O–H groups in total. The quantitative estimate of drug-likeness (QED) is 0.410. The second-order valence-electron chi connectivity index (χ2n) is 3.41. The van der Waals surface area contributed by atoms with E-state index in [2.05, 4.69) is 22.2 Å². The topological polar surface area (TPSA) is 58.0 Å². The molecule has 1 rings (SSSR count). The molecule has 0 spiro atoms. The largest absolute Gasteiger partial charge is 0.396 e. The van der Waals surface area contributed by atoms with Crippen LogP contribution in [0, 0.1) is 0 Å². The standard InChI is InChI=1S/C11H19N3OS/c1-2-16-11-13-8-10(9-14-11)7-12-5-3-4-6-15/h8-9,12,15H,2-7H2,1H3. The summed E-state index contributed by atoms with van der Waals surface area (Å²) in [6.07, 6.45) is 5.59. The summed E-state index contributed by atoms with van der Waals surface area (Å²) in [5.74, 6) is 0.999. The number of hydrogen-bond donors (Lipinski definition) is 2. The maximum absolute atomic E-state index is 8.61. The van der Waals surface area contributed by atoms with E-state index in [-0.39, 0.29) is 6.61 Å². The van der Waals surface area contributed by atoms with Crippen LogP contribution in [0.1, 0.15) is 25.3 Å². The Morgan fingerprint density at radius 3 is 2.69 bits per heavy atom. The molecule has 0 fully saturated rings. The Kier molecular flexibility index (Phi) is 7.12. The minimum atomic E-state index is 0.272. The van der Waals surface area contributed by atoms with Crippen molar-refractivity contribution in [3.05, 3.63) is 18.0 Å². The fourth-order valence-electron chi connectivity index (χ4n) is 1.23. The van der Waals surface area contributed by atoms with Crippen LogP contribution in [0.4, 0.5) is 0 Å². The van der Waals surface area contributed by atoms with Gasteiger partial charge in [-0.1, -0.05) is 18.7 Å². The number of nitrogens with one attached hydrogen (secondary N) is 1. The molecule has 0 radical (unpaired) electrons. The van der Waals surface area contributed by atoms with E-state index in [9.17, 15) is 0 Å². The smallest absolute Gasteiger partial charge is 0.187 e. The molecule has 90 valence electrons. The van der Waals surface area contributed by atoms with Crippen LogP contribution in [0.2, 0.25) is 0 Å². The van der Waals surface area contributed by atoms with Crippen molar-refractivity contribution < 1.29 is 5.11 Å². The van der Waals surface area contributed by atoms with Crippen molar-refractivity contribution >= 4 is 11.8 Å². The van der Waals surface area contributed by atoms with Crippen LogP contribution in [0.5, 0.6) is 0 Å². The molecule has 0 saturated heterocycles. The van der Waals surface area contributed by atoms with Gasteiger partial charge in [-0.15, -0.1) is 0 Å². The predicted octanol–water partition coefficient (Wildman–Crippen LogP) is 1.45. The summed E-state index contributed by atoms with van der Waals surface area (Å²) in [6, 6.07) is 0. The molecular formula is C11H19N3OS. The van der Waals surface area contributed by atoms with Crippen LogP contribution in [-0.2, 0) is 6.54 Å². The summed E-state index contributed by atoms with van der Waals surface area (Å²) in [5, 5.41) is 12.7. The van der Waals surface area contributed by atoms with Gasteiger partial charge in [0.15, 0.2) is 5.16 Å². The highest BCUT2D eigenvalue weighted by atomic mass is 32.2. The Hall–Kier alpha value is -0.650. The van der Waals surface area contributed by atoms with Crippen molar-refractivity contribution in [2.75, 3.05) is 18.9 Å². The maximum atomic E-state index is 8.61. The molecule has 0 saturated carbocycles. The van der Waals surface area contributed by atoms with Crippen LogP contribution in [-0.4, -0.2) is 34.0 Å². The summed E-state index contributed by atoms with van der Waals surface area (Å²) >= 11 is 1.65. The molecule has 0 unspecified atom stereocenters. The number of thioether (sulfide) groups is 1. The first kappa shape index (κ1) is 13.4. The lowest BCUT2D eigenvalue weighted by atomic mass is 10.3. The van der Waals surface area contributed by atoms with E-state index in [1.54, 1.807) is 11.8 Å². The highest BCUT2D eigenvalue weighted by Crippen LogP contribution is 2.10. The van der Waals surface area contributed by atoms with Gasteiger partial charge in [-0.2, -0.15) is 0 Å².